The highest BCUT2D eigenvalue weighted by Crippen LogP contribution is 2.26. The minimum Gasteiger partial charge on any atom is -0.367 e. The molecule has 4 atom stereocenters. The highest BCUT2D eigenvalue weighted by molar-refractivity contribution is 5.85. The van der Waals surface area contributed by atoms with Crippen molar-refractivity contribution in [3.05, 3.63) is 35.6 Å². The van der Waals surface area contributed by atoms with E-state index in [2.05, 4.69) is 0 Å². The normalized spacial score (nSPS) is 23.8. The first-order valence-corrected chi connectivity index (χ1v) is 7.87. The Morgan fingerprint density at radius 1 is 1.39 bits per heavy atom. The van der Waals surface area contributed by atoms with Crippen molar-refractivity contribution in [3.8, 4) is 0 Å². The summed E-state index contributed by atoms with van der Waals surface area (Å²) in [6.45, 7) is 6.95. The minimum absolute atomic E-state index is 0. The molecule has 130 valence electrons. The van der Waals surface area contributed by atoms with Crippen molar-refractivity contribution in [2.45, 2.75) is 45.4 Å². The smallest absolute Gasteiger partial charge is 0.239 e. The maximum absolute atomic E-state index is 13.0. The lowest BCUT2D eigenvalue weighted by Gasteiger charge is -2.38. The van der Waals surface area contributed by atoms with Gasteiger partial charge in [0.2, 0.25) is 5.91 Å². The van der Waals surface area contributed by atoms with Crippen molar-refractivity contribution in [2.24, 2.45) is 11.7 Å². The molecule has 0 bridgehead atoms. The maximum Gasteiger partial charge on any atom is 0.239 e. The lowest BCUT2D eigenvalue weighted by Crippen LogP contribution is -2.53. The Hall–Kier alpha value is -1.17. The Labute approximate surface area is 143 Å². The number of hydrogen-bond donors (Lipinski definition) is 1. The first-order valence-electron chi connectivity index (χ1n) is 7.87. The van der Waals surface area contributed by atoms with Gasteiger partial charge < -0.3 is 15.4 Å². The molecule has 1 fully saturated rings. The van der Waals surface area contributed by atoms with E-state index in [4.69, 9.17) is 10.5 Å². The number of halogens is 2. The van der Waals surface area contributed by atoms with E-state index in [9.17, 15) is 9.18 Å². The third kappa shape index (κ3) is 4.90. The number of morpholine rings is 1. The van der Waals surface area contributed by atoms with E-state index in [0.29, 0.717) is 13.1 Å². The summed E-state index contributed by atoms with van der Waals surface area (Å²) in [4.78, 5) is 14.3. The van der Waals surface area contributed by atoms with Gasteiger partial charge in [0, 0.05) is 6.54 Å². The zero-order valence-corrected chi connectivity index (χ0v) is 14.7. The second-order valence-corrected chi connectivity index (χ2v) is 6.14. The number of nitrogens with zero attached hydrogens (tertiary/aromatic N) is 1. The summed E-state index contributed by atoms with van der Waals surface area (Å²) in [6.07, 6.45) is 0.558. The molecule has 0 saturated carbocycles. The van der Waals surface area contributed by atoms with Crippen LogP contribution in [0.1, 0.15) is 38.9 Å². The van der Waals surface area contributed by atoms with E-state index in [1.54, 1.807) is 17.0 Å². The number of hydrogen-bond acceptors (Lipinski definition) is 3. The molecule has 0 radical (unpaired) electrons. The molecule has 0 spiro atoms. The van der Waals surface area contributed by atoms with Gasteiger partial charge in [-0.05, 0) is 30.5 Å². The van der Waals surface area contributed by atoms with Crippen LogP contribution in [0.4, 0.5) is 4.39 Å². The summed E-state index contributed by atoms with van der Waals surface area (Å²) in [5.74, 6) is -0.161. The van der Waals surface area contributed by atoms with Crippen LogP contribution in [0.25, 0.3) is 0 Å². The summed E-state index contributed by atoms with van der Waals surface area (Å²) in [5, 5.41) is 0. The predicted octanol–water partition coefficient (Wildman–Crippen LogP) is 2.91. The highest BCUT2D eigenvalue weighted by atomic mass is 35.5. The number of carbonyl (C=O) groups excluding carboxylic acids is 1. The molecule has 6 heteroatoms. The van der Waals surface area contributed by atoms with Crippen LogP contribution in [0.2, 0.25) is 0 Å². The van der Waals surface area contributed by atoms with E-state index >= 15 is 0 Å². The molecule has 1 aliphatic heterocycles. The van der Waals surface area contributed by atoms with Gasteiger partial charge in [0.15, 0.2) is 0 Å². The summed E-state index contributed by atoms with van der Waals surface area (Å²) in [5.41, 5.74) is 6.95. The fraction of sp³-hybridized carbons (Fsp3) is 0.588. The van der Waals surface area contributed by atoms with Crippen molar-refractivity contribution in [3.63, 3.8) is 0 Å². The van der Waals surface area contributed by atoms with Gasteiger partial charge in [-0.3, -0.25) is 4.79 Å². The standard InChI is InChI=1S/C17H25FN2O2.ClH/c1-4-11(2)16(19)17(21)20-9-12(3)22-15(10-20)13-5-7-14(18)8-6-13;/h5-8,11-12,15-16H,4,9-10,19H2,1-3H3;1H. The lowest BCUT2D eigenvalue weighted by atomic mass is 9.98. The molecule has 1 heterocycles. The number of carbonyl (C=O) groups is 1. The average molecular weight is 345 g/mol. The highest BCUT2D eigenvalue weighted by Gasteiger charge is 2.32. The van der Waals surface area contributed by atoms with E-state index in [0.717, 1.165) is 12.0 Å². The molecule has 1 saturated heterocycles. The Balaban J connectivity index is 0.00000264. The monoisotopic (exact) mass is 344 g/mol. The Morgan fingerprint density at radius 3 is 2.57 bits per heavy atom. The Bertz CT molecular complexity index is 512. The van der Waals surface area contributed by atoms with Gasteiger partial charge in [-0.15, -0.1) is 12.4 Å². The molecule has 1 aliphatic rings. The third-order valence-electron chi connectivity index (χ3n) is 4.36. The van der Waals surface area contributed by atoms with Gasteiger partial charge in [-0.1, -0.05) is 32.4 Å². The van der Waals surface area contributed by atoms with E-state index in [1.807, 2.05) is 20.8 Å². The fourth-order valence-corrected chi connectivity index (χ4v) is 2.70. The van der Waals surface area contributed by atoms with Crippen molar-refractivity contribution >= 4 is 18.3 Å². The summed E-state index contributed by atoms with van der Waals surface area (Å²) < 4.78 is 18.9. The van der Waals surface area contributed by atoms with Crippen LogP contribution in [0.15, 0.2) is 24.3 Å². The van der Waals surface area contributed by atoms with Gasteiger partial charge >= 0.3 is 0 Å². The number of rotatable bonds is 4. The van der Waals surface area contributed by atoms with Crippen LogP contribution in [0, 0.1) is 11.7 Å². The second-order valence-electron chi connectivity index (χ2n) is 6.14. The fourth-order valence-electron chi connectivity index (χ4n) is 2.70. The van der Waals surface area contributed by atoms with Crippen LogP contribution in [-0.4, -0.2) is 36.0 Å². The van der Waals surface area contributed by atoms with Crippen LogP contribution in [0.3, 0.4) is 0 Å². The van der Waals surface area contributed by atoms with Crippen molar-refractivity contribution in [1.29, 1.82) is 0 Å². The minimum atomic E-state index is -0.482. The molecular formula is C17H26ClFN2O2. The first-order chi connectivity index (χ1) is 10.4. The molecule has 2 rings (SSSR count). The average Bonchev–Trinajstić information content (AvgIpc) is 2.52. The number of ether oxygens (including phenoxy) is 1. The predicted molar refractivity (Wildman–Crippen MR) is 90.9 cm³/mol. The lowest BCUT2D eigenvalue weighted by molar-refractivity contribution is -0.147. The van der Waals surface area contributed by atoms with Gasteiger partial charge in [0.05, 0.1) is 18.7 Å². The molecule has 1 aromatic rings. The number of amides is 1. The van der Waals surface area contributed by atoms with Crippen LogP contribution < -0.4 is 5.73 Å². The molecule has 23 heavy (non-hydrogen) atoms. The van der Waals surface area contributed by atoms with Crippen molar-refractivity contribution in [1.82, 2.24) is 4.90 Å². The molecule has 0 aliphatic carbocycles. The molecule has 4 unspecified atom stereocenters. The van der Waals surface area contributed by atoms with Crippen molar-refractivity contribution < 1.29 is 13.9 Å². The summed E-state index contributed by atoms with van der Waals surface area (Å²) >= 11 is 0. The Morgan fingerprint density at radius 2 is 2.00 bits per heavy atom. The zero-order chi connectivity index (χ0) is 16.3. The molecule has 2 N–H and O–H groups in total. The SMILES string of the molecule is CCC(C)C(N)C(=O)N1CC(C)OC(c2ccc(F)cc2)C1.Cl. The largest absolute Gasteiger partial charge is 0.367 e. The van der Waals surface area contributed by atoms with Crippen LogP contribution >= 0.6 is 12.4 Å². The van der Waals surface area contributed by atoms with Gasteiger partial charge in [0.1, 0.15) is 11.9 Å². The molecule has 1 aromatic carbocycles. The third-order valence-corrected chi connectivity index (χ3v) is 4.36. The van der Waals surface area contributed by atoms with Gasteiger partial charge in [-0.25, -0.2) is 4.39 Å². The molecule has 0 aromatic heterocycles. The van der Waals surface area contributed by atoms with E-state index in [-0.39, 0.29) is 42.3 Å². The topological polar surface area (TPSA) is 55.6 Å². The summed E-state index contributed by atoms with van der Waals surface area (Å²) in [7, 11) is 0. The van der Waals surface area contributed by atoms with E-state index in [1.165, 1.54) is 12.1 Å². The number of nitrogens with two attached hydrogens (primary N) is 1. The Kier molecular flexibility index (Phi) is 7.45. The molecule has 4 nitrogen and oxygen atoms in total. The number of benzene rings is 1. The van der Waals surface area contributed by atoms with Crippen LogP contribution in [-0.2, 0) is 9.53 Å². The first kappa shape index (κ1) is 19.9. The molecule has 1 amide bonds. The van der Waals surface area contributed by atoms with Crippen LogP contribution in [0.5, 0.6) is 0 Å². The summed E-state index contributed by atoms with van der Waals surface area (Å²) in [6, 6.07) is 5.75. The molecular weight excluding hydrogens is 319 g/mol. The van der Waals surface area contributed by atoms with Gasteiger partial charge in [-0.2, -0.15) is 0 Å². The maximum atomic E-state index is 13.0. The zero-order valence-electron chi connectivity index (χ0n) is 13.9. The van der Waals surface area contributed by atoms with Gasteiger partial charge in [0.25, 0.3) is 0 Å². The van der Waals surface area contributed by atoms with E-state index < -0.39 is 6.04 Å². The quantitative estimate of drug-likeness (QED) is 0.913. The second kappa shape index (κ2) is 8.62. The van der Waals surface area contributed by atoms with Crippen molar-refractivity contribution in [2.75, 3.05) is 13.1 Å².